The maximum absolute atomic E-state index is 10.2. The molecule has 0 radical (unpaired) electrons. The van der Waals surface area contributed by atoms with Gasteiger partial charge in [0, 0.05) is 11.6 Å². The number of ether oxygens (including phenoxy) is 1. The molecular formula is C16H17Cl2NO2. The normalized spacial score (nSPS) is 12.0. The first kappa shape index (κ1) is 16.0. The first-order chi connectivity index (χ1) is 10.0. The number of halogens is 2. The molecule has 1 atom stereocenters. The fourth-order valence-corrected chi connectivity index (χ4v) is 2.38. The molecule has 0 heterocycles. The molecule has 0 aliphatic heterocycles. The molecule has 0 saturated carbocycles. The van der Waals surface area contributed by atoms with Crippen molar-refractivity contribution in [1.82, 2.24) is 0 Å². The van der Waals surface area contributed by atoms with Crippen LogP contribution in [0.1, 0.15) is 17.2 Å². The van der Waals surface area contributed by atoms with Gasteiger partial charge in [0.1, 0.15) is 5.75 Å². The maximum atomic E-state index is 10.2. The maximum Gasteiger partial charge on any atom is 0.118 e. The van der Waals surface area contributed by atoms with Crippen LogP contribution in [0.25, 0.3) is 0 Å². The van der Waals surface area contributed by atoms with Gasteiger partial charge in [-0.2, -0.15) is 0 Å². The van der Waals surface area contributed by atoms with Crippen LogP contribution >= 0.6 is 23.2 Å². The van der Waals surface area contributed by atoms with Gasteiger partial charge >= 0.3 is 0 Å². The molecule has 0 aliphatic carbocycles. The number of hydrogen-bond donors (Lipinski definition) is 2. The van der Waals surface area contributed by atoms with E-state index in [0.29, 0.717) is 22.3 Å². The van der Waals surface area contributed by atoms with E-state index in [1.807, 2.05) is 31.2 Å². The second-order valence-electron chi connectivity index (χ2n) is 4.75. The van der Waals surface area contributed by atoms with Crippen LogP contribution in [-0.4, -0.2) is 18.8 Å². The van der Waals surface area contributed by atoms with Crippen LogP contribution in [0.15, 0.2) is 36.4 Å². The second kappa shape index (κ2) is 7.03. The Hall–Kier alpha value is -1.42. The highest BCUT2D eigenvalue weighted by Crippen LogP contribution is 2.29. The van der Waals surface area contributed by atoms with Gasteiger partial charge in [-0.15, -0.1) is 0 Å². The molecular weight excluding hydrogens is 309 g/mol. The third kappa shape index (κ3) is 4.03. The third-order valence-corrected chi connectivity index (χ3v) is 3.95. The summed E-state index contributed by atoms with van der Waals surface area (Å²) >= 11 is 12.2. The van der Waals surface area contributed by atoms with Crippen LogP contribution in [0.2, 0.25) is 10.0 Å². The monoisotopic (exact) mass is 325 g/mol. The number of benzene rings is 2. The van der Waals surface area contributed by atoms with E-state index in [2.05, 4.69) is 5.32 Å². The summed E-state index contributed by atoms with van der Waals surface area (Å²) in [6.07, 6.45) is -0.646. The van der Waals surface area contributed by atoms with Crippen molar-refractivity contribution in [3.8, 4) is 5.75 Å². The van der Waals surface area contributed by atoms with Crippen molar-refractivity contribution in [2.45, 2.75) is 13.0 Å². The number of aliphatic hydroxyl groups excluding tert-OH is 1. The van der Waals surface area contributed by atoms with Crippen LogP contribution in [0.3, 0.4) is 0 Å². The molecule has 0 bridgehead atoms. The highest BCUT2D eigenvalue weighted by atomic mass is 35.5. The first-order valence-corrected chi connectivity index (χ1v) is 7.28. The molecule has 5 heteroatoms. The van der Waals surface area contributed by atoms with Gasteiger partial charge < -0.3 is 15.2 Å². The highest BCUT2D eigenvalue weighted by Gasteiger charge is 2.10. The quantitative estimate of drug-likeness (QED) is 0.852. The Kier molecular flexibility index (Phi) is 5.34. The topological polar surface area (TPSA) is 41.5 Å². The Labute approximate surface area is 134 Å². The van der Waals surface area contributed by atoms with E-state index in [9.17, 15) is 5.11 Å². The molecule has 0 aliphatic rings. The predicted octanol–water partition coefficient (Wildman–Crippen LogP) is 4.46. The molecule has 2 N–H and O–H groups in total. The van der Waals surface area contributed by atoms with Gasteiger partial charge in [0.15, 0.2) is 0 Å². The van der Waals surface area contributed by atoms with Gasteiger partial charge in [0.05, 0.1) is 23.9 Å². The number of aliphatic hydroxyl groups is 1. The summed E-state index contributed by atoms with van der Waals surface area (Å²) in [5.74, 6) is 0.757. The smallest absolute Gasteiger partial charge is 0.118 e. The van der Waals surface area contributed by atoms with Crippen molar-refractivity contribution in [1.29, 1.82) is 0 Å². The zero-order valence-electron chi connectivity index (χ0n) is 11.9. The molecule has 1 unspecified atom stereocenters. The molecule has 2 aromatic rings. The van der Waals surface area contributed by atoms with Crippen molar-refractivity contribution in [3.63, 3.8) is 0 Å². The zero-order valence-corrected chi connectivity index (χ0v) is 13.4. The lowest BCUT2D eigenvalue weighted by molar-refractivity contribution is 0.191. The minimum absolute atomic E-state index is 0.339. The van der Waals surface area contributed by atoms with E-state index in [1.54, 1.807) is 19.2 Å². The van der Waals surface area contributed by atoms with Crippen molar-refractivity contribution >= 4 is 28.9 Å². The average Bonchev–Trinajstić information content (AvgIpc) is 2.49. The van der Waals surface area contributed by atoms with Gasteiger partial charge in [-0.05, 0) is 42.3 Å². The van der Waals surface area contributed by atoms with Crippen LogP contribution in [-0.2, 0) is 0 Å². The summed E-state index contributed by atoms with van der Waals surface area (Å²) in [4.78, 5) is 0. The van der Waals surface area contributed by atoms with Gasteiger partial charge in [0.25, 0.3) is 0 Å². The number of hydrogen-bond acceptors (Lipinski definition) is 3. The van der Waals surface area contributed by atoms with E-state index in [1.165, 1.54) is 0 Å². The average molecular weight is 326 g/mol. The summed E-state index contributed by atoms with van der Waals surface area (Å²) in [6, 6.07) is 10.8. The summed E-state index contributed by atoms with van der Waals surface area (Å²) in [5.41, 5.74) is 2.43. The lowest BCUT2D eigenvalue weighted by atomic mass is 10.1. The van der Waals surface area contributed by atoms with Crippen molar-refractivity contribution < 1.29 is 9.84 Å². The molecule has 3 nitrogen and oxygen atoms in total. The lowest BCUT2D eigenvalue weighted by Gasteiger charge is -2.15. The number of rotatable bonds is 5. The zero-order chi connectivity index (χ0) is 15.4. The van der Waals surface area contributed by atoms with Gasteiger partial charge in [-0.25, -0.2) is 0 Å². The van der Waals surface area contributed by atoms with E-state index in [4.69, 9.17) is 27.9 Å². The van der Waals surface area contributed by atoms with E-state index >= 15 is 0 Å². The minimum atomic E-state index is -0.646. The van der Waals surface area contributed by atoms with Gasteiger partial charge in [0.2, 0.25) is 0 Å². The van der Waals surface area contributed by atoms with Crippen molar-refractivity contribution in [2.24, 2.45) is 0 Å². The van der Waals surface area contributed by atoms with Gasteiger partial charge in [-0.1, -0.05) is 35.3 Å². The summed E-state index contributed by atoms with van der Waals surface area (Å²) in [6.45, 7) is 2.23. The summed E-state index contributed by atoms with van der Waals surface area (Å²) < 4.78 is 5.09. The fourth-order valence-electron chi connectivity index (χ4n) is 1.93. The largest absolute Gasteiger partial charge is 0.497 e. The number of aryl methyl sites for hydroxylation is 1. The van der Waals surface area contributed by atoms with Crippen molar-refractivity contribution in [2.75, 3.05) is 19.0 Å². The highest BCUT2D eigenvalue weighted by molar-refractivity contribution is 6.35. The fraction of sp³-hybridized carbons (Fsp3) is 0.250. The SMILES string of the molecule is COc1ccc(C(O)CNc2cc(Cl)c(C)cc2Cl)cc1. The molecule has 112 valence electrons. The molecule has 21 heavy (non-hydrogen) atoms. The first-order valence-electron chi connectivity index (χ1n) is 6.53. The van der Waals surface area contributed by atoms with E-state index in [0.717, 1.165) is 16.9 Å². The van der Waals surface area contributed by atoms with Crippen LogP contribution < -0.4 is 10.1 Å². The van der Waals surface area contributed by atoms with Crippen LogP contribution in [0.5, 0.6) is 5.75 Å². The van der Waals surface area contributed by atoms with E-state index < -0.39 is 6.10 Å². The van der Waals surface area contributed by atoms with Crippen LogP contribution in [0.4, 0.5) is 5.69 Å². The minimum Gasteiger partial charge on any atom is -0.497 e. The Balaban J connectivity index is 2.03. The molecule has 0 aromatic heterocycles. The molecule has 0 spiro atoms. The lowest BCUT2D eigenvalue weighted by Crippen LogP contribution is -2.12. The third-order valence-electron chi connectivity index (χ3n) is 3.23. The number of anilines is 1. The molecule has 2 rings (SSSR count). The Bertz CT molecular complexity index is 614. The molecule has 2 aromatic carbocycles. The number of nitrogens with one attached hydrogen (secondary N) is 1. The Morgan fingerprint density at radius 3 is 2.43 bits per heavy atom. The summed E-state index contributed by atoms with van der Waals surface area (Å²) in [7, 11) is 1.61. The number of methoxy groups -OCH3 is 1. The molecule has 0 saturated heterocycles. The second-order valence-corrected chi connectivity index (χ2v) is 5.57. The molecule has 0 amide bonds. The summed E-state index contributed by atoms with van der Waals surface area (Å²) in [5, 5.41) is 14.5. The van der Waals surface area contributed by atoms with Crippen LogP contribution in [0, 0.1) is 6.92 Å². The predicted molar refractivity (Wildman–Crippen MR) is 87.6 cm³/mol. The molecule has 0 fully saturated rings. The van der Waals surface area contributed by atoms with Gasteiger partial charge in [-0.3, -0.25) is 0 Å². The van der Waals surface area contributed by atoms with E-state index in [-0.39, 0.29) is 0 Å². The standard InChI is InChI=1S/C16H17Cl2NO2/c1-10-7-14(18)15(8-13(10)17)19-9-16(20)11-3-5-12(21-2)6-4-11/h3-8,16,19-20H,9H2,1-2H3. The Morgan fingerprint density at radius 1 is 1.14 bits per heavy atom. The van der Waals surface area contributed by atoms with Crippen molar-refractivity contribution in [3.05, 3.63) is 57.6 Å². The Morgan fingerprint density at radius 2 is 1.81 bits per heavy atom.